The number of hydrogen-bond donors (Lipinski definition) is 3. The standard InChI is InChI=1S/C19H19BrN6O/c1-2-26(15-6-4-3-5-7-15)18-16(21)17(22-12-23-18)24-25-19(27)13-8-10-14(20)11-9-13/h3-12H,2,21H2,1H3,(H,25,27)(H,22,23,24). The van der Waals surface area contributed by atoms with Crippen molar-refractivity contribution in [1.82, 2.24) is 15.4 Å². The van der Waals surface area contributed by atoms with Gasteiger partial charge in [-0.3, -0.25) is 15.6 Å². The van der Waals surface area contributed by atoms with Crippen molar-refractivity contribution in [2.45, 2.75) is 6.92 Å². The van der Waals surface area contributed by atoms with Crippen molar-refractivity contribution >= 4 is 44.8 Å². The number of hydrogen-bond acceptors (Lipinski definition) is 6. The molecule has 2 aromatic carbocycles. The lowest BCUT2D eigenvalue weighted by Crippen LogP contribution is -2.30. The number of halogens is 1. The van der Waals surface area contributed by atoms with E-state index in [1.54, 1.807) is 24.3 Å². The van der Waals surface area contributed by atoms with Gasteiger partial charge in [0, 0.05) is 22.3 Å². The molecule has 138 valence electrons. The molecule has 0 atom stereocenters. The van der Waals surface area contributed by atoms with Crippen LogP contribution >= 0.6 is 15.9 Å². The second-order valence-corrected chi connectivity index (χ2v) is 6.54. The summed E-state index contributed by atoms with van der Waals surface area (Å²) in [5, 5.41) is 0. The monoisotopic (exact) mass is 426 g/mol. The summed E-state index contributed by atoms with van der Waals surface area (Å²) < 4.78 is 0.900. The van der Waals surface area contributed by atoms with Gasteiger partial charge in [0.05, 0.1) is 0 Å². The summed E-state index contributed by atoms with van der Waals surface area (Å²) in [6, 6.07) is 16.8. The lowest BCUT2D eigenvalue weighted by atomic mass is 10.2. The fourth-order valence-corrected chi connectivity index (χ4v) is 2.82. The number of nitrogen functional groups attached to an aromatic ring is 1. The van der Waals surface area contributed by atoms with E-state index in [4.69, 9.17) is 5.73 Å². The molecule has 0 fully saturated rings. The number of para-hydroxylation sites is 1. The van der Waals surface area contributed by atoms with Gasteiger partial charge in [-0.2, -0.15) is 0 Å². The number of aromatic nitrogens is 2. The molecule has 4 N–H and O–H groups in total. The number of benzene rings is 2. The van der Waals surface area contributed by atoms with E-state index >= 15 is 0 Å². The molecule has 0 unspecified atom stereocenters. The minimum atomic E-state index is -0.294. The number of nitrogens with zero attached hydrogens (tertiary/aromatic N) is 3. The number of carbonyl (C=O) groups excluding carboxylic acids is 1. The van der Waals surface area contributed by atoms with Crippen LogP contribution in [-0.4, -0.2) is 22.4 Å². The first-order chi connectivity index (χ1) is 13.1. The highest BCUT2D eigenvalue weighted by Gasteiger charge is 2.16. The Kier molecular flexibility index (Phi) is 5.87. The molecule has 0 saturated carbocycles. The molecule has 0 radical (unpaired) electrons. The first-order valence-corrected chi connectivity index (χ1v) is 9.14. The van der Waals surface area contributed by atoms with Crippen LogP contribution in [0.4, 0.5) is 23.0 Å². The van der Waals surface area contributed by atoms with Crippen LogP contribution in [0.15, 0.2) is 65.4 Å². The van der Waals surface area contributed by atoms with Crippen LogP contribution in [0, 0.1) is 0 Å². The Morgan fingerprint density at radius 2 is 1.81 bits per heavy atom. The maximum absolute atomic E-state index is 12.3. The second kappa shape index (κ2) is 8.50. The zero-order chi connectivity index (χ0) is 19.2. The molecule has 0 aliphatic rings. The van der Waals surface area contributed by atoms with E-state index in [0.717, 1.165) is 10.2 Å². The molecule has 0 bridgehead atoms. The zero-order valence-electron chi connectivity index (χ0n) is 14.7. The van der Waals surface area contributed by atoms with E-state index in [1.165, 1.54) is 6.33 Å². The molecule has 1 heterocycles. The predicted octanol–water partition coefficient (Wildman–Crippen LogP) is 3.74. The Bertz CT molecular complexity index is 917. The van der Waals surface area contributed by atoms with Crippen LogP contribution in [0.3, 0.4) is 0 Å². The summed E-state index contributed by atoms with van der Waals surface area (Å²) in [5.41, 5.74) is 13.5. The Morgan fingerprint density at radius 3 is 2.48 bits per heavy atom. The lowest BCUT2D eigenvalue weighted by Gasteiger charge is -2.24. The van der Waals surface area contributed by atoms with Gasteiger partial charge in [-0.25, -0.2) is 9.97 Å². The van der Waals surface area contributed by atoms with Crippen LogP contribution in [0.5, 0.6) is 0 Å². The summed E-state index contributed by atoms with van der Waals surface area (Å²) >= 11 is 3.34. The number of amides is 1. The minimum Gasteiger partial charge on any atom is -0.393 e. The van der Waals surface area contributed by atoms with Gasteiger partial charge in [-0.1, -0.05) is 34.1 Å². The number of nitrogens with two attached hydrogens (primary N) is 1. The quantitative estimate of drug-likeness (QED) is 0.519. The Labute approximate surface area is 165 Å². The molecule has 1 aromatic heterocycles. The third-order valence-electron chi connectivity index (χ3n) is 3.90. The van der Waals surface area contributed by atoms with Crippen LogP contribution in [-0.2, 0) is 0 Å². The molecule has 8 heteroatoms. The van der Waals surface area contributed by atoms with Crippen molar-refractivity contribution in [3.8, 4) is 0 Å². The van der Waals surface area contributed by atoms with E-state index < -0.39 is 0 Å². The number of nitrogens with one attached hydrogen (secondary N) is 2. The van der Waals surface area contributed by atoms with E-state index in [0.29, 0.717) is 29.4 Å². The van der Waals surface area contributed by atoms with Crippen molar-refractivity contribution in [2.75, 3.05) is 22.6 Å². The summed E-state index contributed by atoms with van der Waals surface area (Å²) in [5.74, 6) is 0.608. The van der Waals surface area contributed by atoms with Gasteiger partial charge in [0.15, 0.2) is 11.6 Å². The molecule has 0 aliphatic heterocycles. The van der Waals surface area contributed by atoms with E-state index in [9.17, 15) is 4.79 Å². The lowest BCUT2D eigenvalue weighted by molar-refractivity contribution is 0.0962. The summed E-state index contributed by atoms with van der Waals surface area (Å²) in [4.78, 5) is 22.7. The fourth-order valence-electron chi connectivity index (χ4n) is 2.55. The summed E-state index contributed by atoms with van der Waals surface area (Å²) in [7, 11) is 0. The van der Waals surface area contributed by atoms with Gasteiger partial charge in [-0.05, 0) is 43.3 Å². The van der Waals surface area contributed by atoms with Gasteiger partial charge in [-0.15, -0.1) is 0 Å². The highest BCUT2D eigenvalue weighted by atomic mass is 79.9. The maximum Gasteiger partial charge on any atom is 0.269 e. The molecular formula is C19H19BrN6O. The molecule has 0 saturated heterocycles. The van der Waals surface area contributed by atoms with E-state index in [2.05, 4.69) is 36.7 Å². The topological polar surface area (TPSA) is 96.2 Å². The first kappa shape index (κ1) is 18.7. The van der Waals surface area contributed by atoms with Gasteiger partial charge in [0.1, 0.15) is 12.0 Å². The highest BCUT2D eigenvalue weighted by molar-refractivity contribution is 9.10. The molecular weight excluding hydrogens is 408 g/mol. The third-order valence-corrected chi connectivity index (χ3v) is 4.43. The Balaban J connectivity index is 1.78. The molecule has 27 heavy (non-hydrogen) atoms. The predicted molar refractivity (Wildman–Crippen MR) is 111 cm³/mol. The maximum atomic E-state index is 12.3. The van der Waals surface area contributed by atoms with Crippen molar-refractivity contribution in [1.29, 1.82) is 0 Å². The van der Waals surface area contributed by atoms with Crippen molar-refractivity contribution in [2.24, 2.45) is 0 Å². The molecule has 7 nitrogen and oxygen atoms in total. The van der Waals surface area contributed by atoms with E-state index in [1.807, 2.05) is 42.2 Å². The zero-order valence-corrected chi connectivity index (χ0v) is 16.3. The number of carbonyl (C=O) groups is 1. The summed E-state index contributed by atoms with van der Waals surface area (Å²) in [6.07, 6.45) is 1.41. The minimum absolute atomic E-state index is 0.294. The third kappa shape index (κ3) is 4.35. The number of rotatable bonds is 6. The summed E-state index contributed by atoms with van der Waals surface area (Å²) in [6.45, 7) is 2.69. The van der Waals surface area contributed by atoms with Crippen LogP contribution < -0.4 is 21.5 Å². The van der Waals surface area contributed by atoms with Crippen molar-refractivity contribution in [3.05, 3.63) is 71.0 Å². The van der Waals surface area contributed by atoms with Gasteiger partial charge in [0.25, 0.3) is 5.91 Å². The van der Waals surface area contributed by atoms with Gasteiger partial charge < -0.3 is 10.6 Å². The van der Waals surface area contributed by atoms with Crippen molar-refractivity contribution in [3.63, 3.8) is 0 Å². The average molecular weight is 427 g/mol. The van der Waals surface area contributed by atoms with E-state index in [-0.39, 0.29) is 5.91 Å². The van der Waals surface area contributed by atoms with Crippen molar-refractivity contribution < 1.29 is 4.79 Å². The first-order valence-electron chi connectivity index (χ1n) is 8.35. The Hall–Kier alpha value is -3.13. The van der Waals surface area contributed by atoms with Gasteiger partial charge >= 0.3 is 0 Å². The average Bonchev–Trinajstić information content (AvgIpc) is 2.70. The normalized spacial score (nSPS) is 10.3. The second-order valence-electron chi connectivity index (χ2n) is 5.63. The SMILES string of the molecule is CCN(c1ccccc1)c1ncnc(NNC(=O)c2ccc(Br)cc2)c1N. The highest BCUT2D eigenvalue weighted by Crippen LogP contribution is 2.31. The smallest absolute Gasteiger partial charge is 0.269 e. The largest absolute Gasteiger partial charge is 0.393 e. The molecule has 1 amide bonds. The molecule has 3 rings (SSSR count). The van der Waals surface area contributed by atoms with Crippen LogP contribution in [0.25, 0.3) is 0 Å². The van der Waals surface area contributed by atoms with Crippen LogP contribution in [0.2, 0.25) is 0 Å². The number of hydrazine groups is 1. The fraction of sp³-hybridized carbons (Fsp3) is 0.105. The molecule has 3 aromatic rings. The van der Waals surface area contributed by atoms with Gasteiger partial charge in [0.2, 0.25) is 0 Å². The molecule has 0 spiro atoms. The Morgan fingerprint density at radius 1 is 1.11 bits per heavy atom. The number of anilines is 4. The van der Waals surface area contributed by atoms with Crippen LogP contribution in [0.1, 0.15) is 17.3 Å². The molecule has 0 aliphatic carbocycles.